The van der Waals surface area contributed by atoms with Gasteiger partial charge in [-0.3, -0.25) is 9.78 Å². The Morgan fingerprint density at radius 3 is 3.12 bits per heavy atom. The molecular formula is C11H14N4O. The Kier molecular flexibility index (Phi) is 2.85. The average molecular weight is 218 g/mol. The van der Waals surface area contributed by atoms with Crippen LogP contribution >= 0.6 is 0 Å². The first-order valence-corrected chi connectivity index (χ1v) is 5.30. The van der Waals surface area contributed by atoms with Crippen LogP contribution in [0.5, 0.6) is 0 Å². The summed E-state index contributed by atoms with van der Waals surface area (Å²) in [5.41, 5.74) is 1.29. The molecule has 0 aliphatic rings. The van der Waals surface area contributed by atoms with Gasteiger partial charge in [0.05, 0.1) is 23.5 Å². The van der Waals surface area contributed by atoms with E-state index in [-0.39, 0.29) is 11.9 Å². The second-order valence-corrected chi connectivity index (χ2v) is 3.75. The molecule has 0 bridgehead atoms. The molecule has 0 saturated heterocycles. The highest BCUT2D eigenvalue weighted by molar-refractivity contribution is 6.00. The summed E-state index contributed by atoms with van der Waals surface area (Å²) in [6, 6.07) is 0.166. The Morgan fingerprint density at radius 2 is 2.38 bits per heavy atom. The van der Waals surface area contributed by atoms with E-state index in [1.54, 1.807) is 29.3 Å². The summed E-state index contributed by atoms with van der Waals surface area (Å²) in [6.45, 7) is 4.00. The molecule has 1 unspecified atom stereocenters. The van der Waals surface area contributed by atoms with Crippen LogP contribution < -0.4 is 5.32 Å². The van der Waals surface area contributed by atoms with E-state index in [0.29, 0.717) is 5.56 Å². The van der Waals surface area contributed by atoms with Crippen LogP contribution in [0.4, 0.5) is 0 Å². The standard InChI is InChI=1S/C11H14N4O/c1-3-8(2)14-11(16)9-6-13-15-5-4-12-7-10(9)15/h4-8H,3H2,1-2H3,(H,14,16). The predicted molar refractivity (Wildman–Crippen MR) is 60.2 cm³/mol. The molecule has 2 aromatic rings. The lowest BCUT2D eigenvalue weighted by atomic mass is 10.2. The van der Waals surface area contributed by atoms with Crippen molar-refractivity contribution in [3.05, 3.63) is 30.4 Å². The lowest BCUT2D eigenvalue weighted by Gasteiger charge is -2.09. The second kappa shape index (κ2) is 4.30. The van der Waals surface area contributed by atoms with Crippen LogP contribution in [0.15, 0.2) is 24.8 Å². The zero-order valence-electron chi connectivity index (χ0n) is 9.34. The Hall–Kier alpha value is -1.91. The van der Waals surface area contributed by atoms with Gasteiger partial charge in [-0.1, -0.05) is 6.92 Å². The van der Waals surface area contributed by atoms with Gasteiger partial charge in [-0.25, -0.2) is 4.52 Å². The van der Waals surface area contributed by atoms with Gasteiger partial charge in [0.15, 0.2) is 0 Å². The van der Waals surface area contributed by atoms with Crippen molar-refractivity contribution in [2.75, 3.05) is 0 Å². The molecule has 0 fully saturated rings. The summed E-state index contributed by atoms with van der Waals surface area (Å²) in [5, 5.41) is 6.99. The van der Waals surface area contributed by atoms with Gasteiger partial charge in [-0.15, -0.1) is 0 Å². The van der Waals surface area contributed by atoms with Crippen LogP contribution in [0.2, 0.25) is 0 Å². The van der Waals surface area contributed by atoms with Gasteiger partial charge in [0, 0.05) is 18.4 Å². The van der Waals surface area contributed by atoms with Gasteiger partial charge in [-0.05, 0) is 13.3 Å². The van der Waals surface area contributed by atoms with E-state index in [9.17, 15) is 4.79 Å². The summed E-state index contributed by atoms with van der Waals surface area (Å²) in [6.07, 6.45) is 7.46. The maximum absolute atomic E-state index is 11.9. The van der Waals surface area contributed by atoms with Crippen LogP contribution in [-0.2, 0) is 0 Å². The van der Waals surface area contributed by atoms with Crippen molar-refractivity contribution in [1.29, 1.82) is 0 Å². The Bertz CT molecular complexity index is 505. The molecule has 0 radical (unpaired) electrons. The van der Waals surface area contributed by atoms with Crippen LogP contribution in [0.25, 0.3) is 5.52 Å². The molecule has 1 N–H and O–H groups in total. The zero-order chi connectivity index (χ0) is 11.5. The van der Waals surface area contributed by atoms with Gasteiger partial charge in [0.25, 0.3) is 5.91 Å². The van der Waals surface area contributed by atoms with Gasteiger partial charge in [-0.2, -0.15) is 5.10 Å². The third-order valence-electron chi connectivity index (χ3n) is 2.56. The maximum Gasteiger partial charge on any atom is 0.255 e. The minimum Gasteiger partial charge on any atom is -0.349 e. The Labute approximate surface area is 93.5 Å². The minimum atomic E-state index is -0.0997. The third-order valence-corrected chi connectivity index (χ3v) is 2.56. The van der Waals surface area contributed by atoms with Gasteiger partial charge >= 0.3 is 0 Å². The topological polar surface area (TPSA) is 59.3 Å². The Morgan fingerprint density at radius 1 is 1.56 bits per heavy atom. The lowest BCUT2D eigenvalue weighted by Crippen LogP contribution is -2.31. The second-order valence-electron chi connectivity index (χ2n) is 3.75. The summed E-state index contributed by atoms with van der Waals surface area (Å²) in [7, 11) is 0. The van der Waals surface area contributed by atoms with E-state index < -0.39 is 0 Å². The molecule has 2 rings (SSSR count). The first-order chi connectivity index (χ1) is 7.72. The van der Waals surface area contributed by atoms with Crippen LogP contribution in [-0.4, -0.2) is 26.5 Å². The molecule has 16 heavy (non-hydrogen) atoms. The van der Waals surface area contributed by atoms with Crippen LogP contribution in [0, 0.1) is 0 Å². The first-order valence-electron chi connectivity index (χ1n) is 5.30. The highest BCUT2D eigenvalue weighted by Gasteiger charge is 2.13. The zero-order valence-corrected chi connectivity index (χ0v) is 9.34. The van der Waals surface area contributed by atoms with Crippen LogP contribution in [0.1, 0.15) is 30.6 Å². The van der Waals surface area contributed by atoms with E-state index in [1.165, 1.54) is 0 Å². The van der Waals surface area contributed by atoms with Gasteiger partial charge in [0.1, 0.15) is 0 Å². The molecule has 84 valence electrons. The largest absolute Gasteiger partial charge is 0.349 e. The van der Waals surface area contributed by atoms with Crippen molar-refractivity contribution in [2.24, 2.45) is 0 Å². The fraction of sp³-hybridized carbons (Fsp3) is 0.364. The summed E-state index contributed by atoms with van der Waals surface area (Å²) in [4.78, 5) is 15.9. The molecule has 1 atom stereocenters. The maximum atomic E-state index is 11.9. The van der Waals surface area contributed by atoms with E-state index >= 15 is 0 Å². The van der Waals surface area contributed by atoms with Gasteiger partial charge in [0.2, 0.25) is 0 Å². The molecule has 2 heterocycles. The highest BCUT2D eigenvalue weighted by Crippen LogP contribution is 2.08. The van der Waals surface area contributed by atoms with E-state index in [4.69, 9.17) is 0 Å². The number of nitrogens with zero attached hydrogens (tertiary/aromatic N) is 3. The van der Waals surface area contributed by atoms with Gasteiger partial charge < -0.3 is 5.32 Å². The van der Waals surface area contributed by atoms with Crippen LogP contribution in [0.3, 0.4) is 0 Å². The number of hydrogen-bond donors (Lipinski definition) is 1. The summed E-state index contributed by atoms with van der Waals surface area (Å²) < 4.78 is 1.64. The lowest BCUT2D eigenvalue weighted by molar-refractivity contribution is 0.0941. The molecule has 0 aliphatic heterocycles. The summed E-state index contributed by atoms with van der Waals surface area (Å²) >= 11 is 0. The van der Waals surface area contributed by atoms with Crippen molar-refractivity contribution in [1.82, 2.24) is 19.9 Å². The third kappa shape index (κ3) is 1.88. The van der Waals surface area contributed by atoms with E-state index in [1.807, 2.05) is 13.8 Å². The number of aromatic nitrogens is 3. The normalized spacial score (nSPS) is 12.6. The fourth-order valence-electron chi connectivity index (χ4n) is 1.41. The molecule has 0 aromatic carbocycles. The van der Waals surface area contributed by atoms with Crippen molar-refractivity contribution >= 4 is 11.4 Å². The van der Waals surface area contributed by atoms with E-state index in [0.717, 1.165) is 11.9 Å². The quantitative estimate of drug-likeness (QED) is 0.843. The smallest absolute Gasteiger partial charge is 0.255 e. The summed E-state index contributed by atoms with van der Waals surface area (Å²) in [5.74, 6) is -0.0997. The number of nitrogens with one attached hydrogen (secondary N) is 1. The average Bonchev–Trinajstić information content (AvgIpc) is 2.72. The molecule has 2 aromatic heterocycles. The number of rotatable bonds is 3. The molecular weight excluding hydrogens is 204 g/mol. The molecule has 5 heteroatoms. The molecule has 0 spiro atoms. The number of carbonyl (C=O) groups excluding carboxylic acids is 1. The van der Waals surface area contributed by atoms with E-state index in [2.05, 4.69) is 15.4 Å². The van der Waals surface area contributed by atoms with Crippen molar-refractivity contribution in [3.63, 3.8) is 0 Å². The molecule has 0 saturated carbocycles. The number of hydrogen-bond acceptors (Lipinski definition) is 3. The van der Waals surface area contributed by atoms with Crippen molar-refractivity contribution < 1.29 is 4.79 Å². The monoisotopic (exact) mass is 218 g/mol. The molecule has 1 amide bonds. The number of amides is 1. The van der Waals surface area contributed by atoms with Crippen molar-refractivity contribution in [3.8, 4) is 0 Å². The minimum absolute atomic E-state index is 0.0997. The number of carbonyl (C=O) groups is 1. The van der Waals surface area contributed by atoms with Crippen molar-refractivity contribution in [2.45, 2.75) is 26.3 Å². The Balaban J connectivity index is 2.30. The number of fused-ring (bicyclic) bond motifs is 1. The fourth-order valence-corrected chi connectivity index (χ4v) is 1.41. The SMILES string of the molecule is CCC(C)NC(=O)c1cnn2ccncc12. The first kappa shape index (κ1) is 10.6. The molecule has 5 nitrogen and oxygen atoms in total. The predicted octanol–water partition coefficient (Wildman–Crippen LogP) is 1.26. The highest BCUT2D eigenvalue weighted by atomic mass is 16.1. The molecule has 0 aliphatic carbocycles.